The maximum atomic E-state index is 12.6. The Bertz CT molecular complexity index is 859. The second-order valence-corrected chi connectivity index (χ2v) is 7.49. The van der Waals surface area contributed by atoms with Gasteiger partial charge in [0.05, 0.1) is 17.8 Å². The maximum Gasteiger partial charge on any atom is 0.416 e. The summed E-state index contributed by atoms with van der Waals surface area (Å²) in [5.41, 5.74) is 0.543. The summed E-state index contributed by atoms with van der Waals surface area (Å²) in [6.07, 6.45) is -4.34. The van der Waals surface area contributed by atoms with Crippen LogP contribution in [0.1, 0.15) is 37.9 Å². The van der Waals surface area contributed by atoms with Crippen LogP contribution in [0.5, 0.6) is 0 Å². The molecule has 0 saturated carbocycles. The molecular weight excluding hydrogens is 351 g/mol. The molecule has 0 aliphatic heterocycles. The largest absolute Gasteiger partial charge is 0.416 e. The lowest BCUT2D eigenvalue weighted by Crippen LogP contribution is -2.20. The highest BCUT2D eigenvalue weighted by Gasteiger charge is 2.30. The molecule has 0 saturated heterocycles. The standard InChI is InChI=1S/C16H16F3N5S/c1-15(2,3)14-21-22-23-24(14)8-12-9-25-13(20-12)10-4-6-11(7-5-10)16(17,18)19/h4-7,9H,8H2,1-3H3. The summed E-state index contributed by atoms with van der Waals surface area (Å²) in [4.78, 5) is 4.49. The first-order chi connectivity index (χ1) is 11.6. The Morgan fingerprint density at radius 2 is 1.76 bits per heavy atom. The van der Waals surface area contributed by atoms with Crippen molar-refractivity contribution in [2.24, 2.45) is 0 Å². The van der Waals surface area contributed by atoms with Crippen LogP contribution in [0.25, 0.3) is 10.6 Å². The summed E-state index contributed by atoms with van der Waals surface area (Å²) in [6, 6.07) is 5.00. The van der Waals surface area contributed by atoms with Crippen LogP contribution in [-0.4, -0.2) is 25.2 Å². The van der Waals surface area contributed by atoms with Crippen LogP contribution in [0.15, 0.2) is 29.6 Å². The van der Waals surface area contributed by atoms with Gasteiger partial charge in [0, 0.05) is 16.4 Å². The number of nitrogens with zero attached hydrogens (tertiary/aromatic N) is 5. The number of hydrogen-bond donors (Lipinski definition) is 0. The first-order valence-corrected chi connectivity index (χ1v) is 8.41. The van der Waals surface area contributed by atoms with Crippen molar-refractivity contribution in [1.29, 1.82) is 0 Å². The third-order valence-electron chi connectivity index (χ3n) is 3.53. The molecule has 0 bridgehead atoms. The van der Waals surface area contributed by atoms with E-state index in [-0.39, 0.29) is 5.41 Å². The third-order valence-corrected chi connectivity index (χ3v) is 4.47. The average molecular weight is 367 g/mol. The molecule has 1 aromatic carbocycles. The average Bonchev–Trinajstić information content (AvgIpc) is 3.16. The van der Waals surface area contributed by atoms with Crippen LogP contribution >= 0.6 is 11.3 Å². The second kappa shape index (κ2) is 6.21. The number of alkyl halides is 3. The molecule has 0 aliphatic carbocycles. The van der Waals surface area contributed by atoms with Crippen molar-refractivity contribution < 1.29 is 13.2 Å². The fourth-order valence-electron chi connectivity index (χ4n) is 2.32. The number of thiazole rings is 1. The number of benzene rings is 1. The smallest absolute Gasteiger partial charge is 0.239 e. The van der Waals surface area contributed by atoms with E-state index in [1.807, 2.05) is 26.2 Å². The van der Waals surface area contributed by atoms with Gasteiger partial charge in [0.1, 0.15) is 5.01 Å². The van der Waals surface area contributed by atoms with E-state index in [1.54, 1.807) is 4.68 Å². The fraction of sp³-hybridized carbons (Fsp3) is 0.375. The SMILES string of the molecule is CC(C)(C)c1nnnn1Cc1csc(-c2ccc(C(F)(F)F)cc2)n1. The van der Waals surface area contributed by atoms with Crippen LogP contribution in [0.4, 0.5) is 13.2 Å². The molecule has 3 rings (SSSR count). The van der Waals surface area contributed by atoms with Crippen molar-refractivity contribution in [1.82, 2.24) is 25.2 Å². The monoisotopic (exact) mass is 367 g/mol. The van der Waals surface area contributed by atoms with E-state index in [9.17, 15) is 13.2 Å². The topological polar surface area (TPSA) is 56.5 Å². The van der Waals surface area contributed by atoms with Gasteiger partial charge in [0.15, 0.2) is 5.82 Å². The zero-order valence-corrected chi connectivity index (χ0v) is 14.7. The summed E-state index contributed by atoms with van der Waals surface area (Å²) < 4.78 is 39.6. The molecule has 2 aromatic heterocycles. The highest BCUT2D eigenvalue weighted by atomic mass is 32.1. The molecule has 0 fully saturated rings. The Hall–Kier alpha value is -2.29. The minimum absolute atomic E-state index is 0.199. The molecule has 2 heterocycles. The third kappa shape index (κ3) is 3.87. The Morgan fingerprint density at radius 1 is 1.08 bits per heavy atom. The van der Waals surface area contributed by atoms with E-state index in [1.165, 1.54) is 23.5 Å². The Kier molecular flexibility index (Phi) is 4.36. The minimum atomic E-state index is -4.34. The zero-order chi connectivity index (χ0) is 18.2. The Balaban J connectivity index is 1.81. The van der Waals surface area contributed by atoms with Crippen molar-refractivity contribution in [2.75, 3.05) is 0 Å². The number of rotatable bonds is 3. The summed E-state index contributed by atoms with van der Waals surface area (Å²) in [7, 11) is 0. The quantitative estimate of drug-likeness (QED) is 0.697. The highest BCUT2D eigenvalue weighted by Crippen LogP contribution is 2.32. The molecule has 0 N–H and O–H groups in total. The highest BCUT2D eigenvalue weighted by molar-refractivity contribution is 7.13. The molecule has 0 atom stereocenters. The number of hydrogen-bond acceptors (Lipinski definition) is 5. The molecule has 25 heavy (non-hydrogen) atoms. The predicted molar refractivity (Wildman–Crippen MR) is 88.2 cm³/mol. The molecule has 0 aliphatic rings. The van der Waals surface area contributed by atoms with Crippen molar-refractivity contribution in [3.63, 3.8) is 0 Å². The van der Waals surface area contributed by atoms with E-state index in [0.29, 0.717) is 17.1 Å². The summed E-state index contributed by atoms with van der Waals surface area (Å²) >= 11 is 1.38. The predicted octanol–water partition coefficient (Wildman–Crippen LogP) is 4.16. The molecule has 3 aromatic rings. The maximum absolute atomic E-state index is 12.6. The first-order valence-electron chi connectivity index (χ1n) is 7.53. The van der Waals surface area contributed by atoms with Gasteiger partial charge in [-0.2, -0.15) is 13.2 Å². The van der Waals surface area contributed by atoms with E-state index >= 15 is 0 Å². The van der Waals surface area contributed by atoms with Gasteiger partial charge in [0.25, 0.3) is 0 Å². The summed E-state index contributed by atoms with van der Waals surface area (Å²) in [5.74, 6) is 0.747. The lowest BCUT2D eigenvalue weighted by Gasteiger charge is -2.16. The number of tetrazole rings is 1. The van der Waals surface area contributed by atoms with Crippen LogP contribution in [0.2, 0.25) is 0 Å². The van der Waals surface area contributed by atoms with Crippen LogP contribution in [0, 0.1) is 0 Å². The molecular formula is C16H16F3N5S. The van der Waals surface area contributed by atoms with Gasteiger partial charge < -0.3 is 0 Å². The van der Waals surface area contributed by atoms with E-state index in [2.05, 4.69) is 20.5 Å². The van der Waals surface area contributed by atoms with Gasteiger partial charge >= 0.3 is 6.18 Å². The van der Waals surface area contributed by atoms with E-state index < -0.39 is 11.7 Å². The normalized spacial score (nSPS) is 12.6. The summed E-state index contributed by atoms with van der Waals surface area (Å²) in [5, 5.41) is 14.3. The van der Waals surface area contributed by atoms with Gasteiger partial charge in [-0.05, 0) is 22.6 Å². The molecule has 0 radical (unpaired) electrons. The molecule has 9 heteroatoms. The van der Waals surface area contributed by atoms with E-state index in [0.717, 1.165) is 23.7 Å². The van der Waals surface area contributed by atoms with Crippen LogP contribution < -0.4 is 0 Å². The van der Waals surface area contributed by atoms with Gasteiger partial charge in [-0.15, -0.1) is 16.4 Å². The van der Waals surface area contributed by atoms with Gasteiger partial charge in [-0.25, -0.2) is 9.67 Å². The van der Waals surface area contributed by atoms with Gasteiger partial charge in [-0.1, -0.05) is 32.9 Å². The fourth-order valence-corrected chi connectivity index (χ4v) is 3.13. The summed E-state index contributed by atoms with van der Waals surface area (Å²) in [6.45, 7) is 6.47. The molecule has 0 unspecified atom stereocenters. The van der Waals surface area contributed by atoms with Crippen molar-refractivity contribution in [3.05, 3.63) is 46.7 Å². The number of aromatic nitrogens is 5. The van der Waals surface area contributed by atoms with Crippen LogP contribution in [-0.2, 0) is 18.1 Å². The Morgan fingerprint density at radius 3 is 2.36 bits per heavy atom. The number of halogens is 3. The zero-order valence-electron chi connectivity index (χ0n) is 13.9. The molecule has 132 valence electrons. The second-order valence-electron chi connectivity index (χ2n) is 6.63. The minimum Gasteiger partial charge on any atom is -0.239 e. The van der Waals surface area contributed by atoms with Crippen molar-refractivity contribution >= 4 is 11.3 Å². The molecule has 0 amide bonds. The Labute approximate surface area is 146 Å². The van der Waals surface area contributed by atoms with Crippen LogP contribution in [0.3, 0.4) is 0 Å². The lowest BCUT2D eigenvalue weighted by atomic mass is 9.96. The van der Waals surface area contributed by atoms with Gasteiger partial charge in [0.2, 0.25) is 0 Å². The first kappa shape index (κ1) is 17.5. The van der Waals surface area contributed by atoms with E-state index in [4.69, 9.17) is 0 Å². The molecule has 0 spiro atoms. The lowest BCUT2D eigenvalue weighted by molar-refractivity contribution is -0.137. The van der Waals surface area contributed by atoms with Crippen molar-refractivity contribution in [3.8, 4) is 10.6 Å². The van der Waals surface area contributed by atoms with Gasteiger partial charge in [-0.3, -0.25) is 0 Å². The molecule has 5 nitrogen and oxygen atoms in total. The van der Waals surface area contributed by atoms with Crippen molar-refractivity contribution in [2.45, 2.75) is 38.9 Å².